The van der Waals surface area contributed by atoms with E-state index < -0.39 is 6.10 Å². The van der Waals surface area contributed by atoms with Crippen LogP contribution < -0.4 is 10.1 Å². The molecule has 2 N–H and O–H groups in total. The molecule has 0 saturated carbocycles. The number of rotatable bonds is 7. The molecular formula is C13H21NO3. The number of aliphatic hydroxyl groups is 1. The molecule has 96 valence electrons. The van der Waals surface area contributed by atoms with Gasteiger partial charge < -0.3 is 19.9 Å². The zero-order chi connectivity index (χ0) is 12.7. The van der Waals surface area contributed by atoms with E-state index in [1.165, 1.54) is 0 Å². The summed E-state index contributed by atoms with van der Waals surface area (Å²) in [4.78, 5) is 0. The molecule has 1 aromatic rings. The van der Waals surface area contributed by atoms with E-state index in [1.807, 2.05) is 32.0 Å². The average molecular weight is 239 g/mol. The molecule has 1 aromatic carbocycles. The zero-order valence-corrected chi connectivity index (χ0v) is 10.7. The molecule has 0 spiro atoms. The molecule has 17 heavy (non-hydrogen) atoms. The average Bonchev–Trinajstić information content (AvgIpc) is 2.34. The molecule has 0 radical (unpaired) electrons. The molecular weight excluding hydrogens is 218 g/mol. The minimum absolute atomic E-state index is 0.360. The summed E-state index contributed by atoms with van der Waals surface area (Å²) in [5.41, 5.74) is 2.04. The van der Waals surface area contributed by atoms with Gasteiger partial charge in [0.05, 0.1) is 19.8 Å². The van der Waals surface area contributed by atoms with Gasteiger partial charge in [0.2, 0.25) is 0 Å². The van der Waals surface area contributed by atoms with Crippen LogP contribution in [0.1, 0.15) is 12.5 Å². The van der Waals surface area contributed by atoms with Crippen LogP contribution in [0.25, 0.3) is 0 Å². The molecule has 0 bridgehead atoms. The Morgan fingerprint density at radius 2 is 2.18 bits per heavy atom. The van der Waals surface area contributed by atoms with E-state index in [2.05, 4.69) is 5.32 Å². The maximum Gasteiger partial charge on any atom is 0.121 e. The molecule has 1 rings (SSSR count). The van der Waals surface area contributed by atoms with E-state index in [4.69, 9.17) is 9.47 Å². The number of benzene rings is 1. The minimum atomic E-state index is -0.489. The number of methoxy groups -OCH3 is 1. The van der Waals surface area contributed by atoms with Gasteiger partial charge in [-0.1, -0.05) is 0 Å². The maximum atomic E-state index is 9.60. The van der Waals surface area contributed by atoms with Crippen LogP contribution in [0.4, 0.5) is 5.69 Å². The van der Waals surface area contributed by atoms with Crippen molar-refractivity contribution in [1.82, 2.24) is 0 Å². The third-order valence-corrected chi connectivity index (χ3v) is 2.45. The Morgan fingerprint density at radius 3 is 2.76 bits per heavy atom. The van der Waals surface area contributed by atoms with E-state index in [1.54, 1.807) is 7.11 Å². The second-order valence-corrected chi connectivity index (χ2v) is 3.88. The van der Waals surface area contributed by atoms with Crippen LogP contribution in [0.5, 0.6) is 5.75 Å². The summed E-state index contributed by atoms with van der Waals surface area (Å²) < 4.78 is 10.3. The third-order valence-electron chi connectivity index (χ3n) is 2.45. The van der Waals surface area contributed by atoms with E-state index in [0.717, 1.165) is 17.0 Å². The highest BCUT2D eigenvalue weighted by Gasteiger charge is 2.04. The molecule has 0 aliphatic heterocycles. The number of ether oxygens (including phenoxy) is 2. The van der Waals surface area contributed by atoms with Crippen LogP contribution in [-0.2, 0) is 4.74 Å². The molecule has 4 heteroatoms. The van der Waals surface area contributed by atoms with Gasteiger partial charge in [0, 0.05) is 18.8 Å². The van der Waals surface area contributed by atoms with Crippen LogP contribution in [0, 0.1) is 6.92 Å². The quantitative estimate of drug-likeness (QED) is 0.762. The second kappa shape index (κ2) is 7.14. The van der Waals surface area contributed by atoms with Crippen molar-refractivity contribution < 1.29 is 14.6 Å². The molecule has 0 amide bonds. The van der Waals surface area contributed by atoms with Crippen LogP contribution in [-0.4, -0.2) is 38.1 Å². The number of hydrogen-bond acceptors (Lipinski definition) is 4. The predicted octanol–water partition coefficient (Wildman–Crippen LogP) is 1.81. The van der Waals surface area contributed by atoms with Gasteiger partial charge >= 0.3 is 0 Å². The summed E-state index contributed by atoms with van der Waals surface area (Å²) in [6.45, 7) is 5.36. The lowest BCUT2D eigenvalue weighted by Gasteiger charge is -2.13. The number of nitrogens with one attached hydrogen (secondary N) is 1. The van der Waals surface area contributed by atoms with Gasteiger partial charge in [0.25, 0.3) is 0 Å². The first-order valence-corrected chi connectivity index (χ1v) is 5.81. The highest BCUT2D eigenvalue weighted by atomic mass is 16.5. The van der Waals surface area contributed by atoms with E-state index in [-0.39, 0.29) is 0 Å². The largest absolute Gasteiger partial charge is 0.496 e. The third kappa shape index (κ3) is 4.63. The van der Waals surface area contributed by atoms with Crippen LogP contribution in [0.2, 0.25) is 0 Å². The molecule has 4 nitrogen and oxygen atoms in total. The standard InChI is InChI=1S/C13H21NO3/c1-4-17-9-12(15)8-14-11-5-6-13(16-3)10(2)7-11/h5-7,12,14-15H,4,8-9H2,1-3H3. The highest BCUT2D eigenvalue weighted by Crippen LogP contribution is 2.21. The molecule has 0 heterocycles. The van der Waals surface area contributed by atoms with Gasteiger partial charge in [0.15, 0.2) is 0 Å². The Hall–Kier alpha value is -1.26. The first-order chi connectivity index (χ1) is 8.17. The Balaban J connectivity index is 2.44. The summed E-state index contributed by atoms with van der Waals surface area (Å²) >= 11 is 0. The number of aryl methyl sites for hydroxylation is 1. The first kappa shape index (κ1) is 13.8. The molecule has 0 saturated heterocycles. The van der Waals surface area contributed by atoms with Crippen molar-refractivity contribution in [2.75, 3.05) is 32.2 Å². The summed E-state index contributed by atoms with van der Waals surface area (Å²) in [6.07, 6.45) is -0.489. The monoisotopic (exact) mass is 239 g/mol. The number of aliphatic hydroxyl groups excluding tert-OH is 1. The van der Waals surface area contributed by atoms with Crippen molar-refractivity contribution in [2.45, 2.75) is 20.0 Å². The molecule has 0 aromatic heterocycles. The van der Waals surface area contributed by atoms with Gasteiger partial charge in [-0.25, -0.2) is 0 Å². The first-order valence-electron chi connectivity index (χ1n) is 5.81. The van der Waals surface area contributed by atoms with Gasteiger partial charge in [0.1, 0.15) is 5.75 Å². The van der Waals surface area contributed by atoms with Crippen LogP contribution in [0.3, 0.4) is 0 Å². The fourth-order valence-corrected chi connectivity index (χ4v) is 1.54. The SMILES string of the molecule is CCOCC(O)CNc1ccc(OC)c(C)c1. The van der Waals surface area contributed by atoms with Gasteiger partial charge in [-0.3, -0.25) is 0 Å². The van der Waals surface area contributed by atoms with E-state index >= 15 is 0 Å². The Morgan fingerprint density at radius 1 is 1.41 bits per heavy atom. The molecule has 1 unspecified atom stereocenters. The minimum Gasteiger partial charge on any atom is -0.496 e. The number of anilines is 1. The molecule has 1 atom stereocenters. The summed E-state index contributed by atoms with van der Waals surface area (Å²) in [7, 11) is 1.65. The van der Waals surface area contributed by atoms with Crippen LogP contribution in [0.15, 0.2) is 18.2 Å². The highest BCUT2D eigenvalue weighted by molar-refractivity contribution is 5.50. The van der Waals surface area contributed by atoms with Gasteiger partial charge in [-0.15, -0.1) is 0 Å². The normalized spacial score (nSPS) is 12.2. The topological polar surface area (TPSA) is 50.7 Å². The summed E-state index contributed by atoms with van der Waals surface area (Å²) in [5.74, 6) is 0.866. The summed E-state index contributed by atoms with van der Waals surface area (Å²) in [6, 6.07) is 5.83. The fourth-order valence-electron chi connectivity index (χ4n) is 1.54. The van der Waals surface area contributed by atoms with Gasteiger partial charge in [-0.2, -0.15) is 0 Å². The van der Waals surface area contributed by atoms with Crippen molar-refractivity contribution in [2.24, 2.45) is 0 Å². The fraction of sp³-hybridized carbons (Fsp3) is 0.538. The lowest BCUT2D eigenvalue weighted by molar-refractivity contribution is 0.0496. The lowest BCUT2D eigenvalue weighted by Crippen LogP contribution is -2.24. The summed E-state index contributed by atoms with van der Waals surface area (Å²) in [5, 5.41) is 12.8. The van der Waals surface area contributed by atoms with Gasteiger partial charge in [-0.05, 0) is 37.6 Å². The predicted molar refractivity (Wildman–Crippen MR) is 68.7 cm³/mol. The zero-order valence-electron chi connectivity index (χ0n) is 10.7. The molecule has 0 aliphatic rings. The van der Waals surface area contributed by atoms with Crippen molar-refractivity contribution in [1.29, 1.82) is 0 Å². The Kier molecular flexibility index (Phi) is 5.80. The van der Waals surface area contributed by atoms with Crippen LogP contribution >= 0.6 is 0 Å². The van der Waals surface area contributed by atoms with Crippen molar-refractivity contribution in [3.05, 3.63) is 23.8 Å². The van der Waals surface area contributed by atoms with Crippen molar-refractivity contribution in [3.63, 3.8) is 0 Å². The van der Waals surface area contributed by atoms with Crippen molar-refractivity contribution >= 4 is 5.69 Å². The lowest BCUT2D eigenvalue weighted by atomic mass is 10.2. The van der Waals surface area contributed by atoms with E-state index in [9.17, 15) is 5.11 Å². The van der Waals surface area contributed by atoms with E-state index in [0.29, 0.717) is 19.8 Å². The smallest absolute Gasteiger partial charge is 0.121 e. The molecule has 0 aliphatic carbocycles. The Bertz CT molecular complexity index is 341. The molecule has 0 fully saturated rings. The second-order valence-electron chi connectivity index (χ2n) is 3.88. The van der Waals surface area contributed by atoms with Crippen molar-refractivity contribution in [3.8, 4) is 5.75 Å². The Labute approximate surface area is 103 Å². The number of hydrogen-bond donors (Lipinski definition) is 2. The maximum absolute atomic E-state index is 9.60.